The maximum absolute atomic E-state index is 10.6. The third-order valence-electron chi connectivity index (χ3n) is 4.30. The van der Waals surface area contributed by atoms with Crippen LogP contribution in [-0.2, 0) is 11.3 Å². The first-order valence-corrected chi connectivity index (χ1v) is 8.37. The minimum atomic E-state index is -0.716. The number of hydrogen-bond donors (Lipinski definition) is 1. The molecule has 0 aliphatic carbocycles. The predicted octanol–water partition coefficient (Wildman–Crippen LogP) is 2.32. The van der Waals surface area contributed by atoms with Crippen molar-refractivity contribution in [2.24, 2.45) is 0 Å². The minimum absolute atomic E-state index is 0.249. The molecule has 1 fully saturated rings. The smallest absolute Gasteiger partial charge is 0.303 e. The molecular weight excluding hydrogens is 306 g/mol. The van der Waals surface area contributed by atoms with Crippen LogP contribution in [0.1, 0.15) is 18.7 Å². The van der Waals surface area contributed by atoms with Crippen molar-refractivity contribution < 1.29 is 14.3 Å². The second kappa shape index (κ2) is 8.08. The number of hydrogen-bond acceptors (Lipinski definition) is 5. The lowest BCUT2D eigenvalue weighted by Gasteiger charge is -2.33. The van der Waals surface area contributed by atoms with Gasteiger partial charge in [0.25, 0.3) is 0 Å². The molecule has 0 saturated carbocycles. The topological polar surface area (TPSA) is 69.8 Å². The molecule has 1 saturated heterocycles. The van der Waals surface area contributed by atoms with Gasteiger partial charge in [0.2, 0.25) is 5.89 Å². The molecule has 0 bridgehead atoms. The van der Waals surface area contributed by atoms with Gasteiger partial charge < -0.3 is 14.4 Å². The lowest BCUT2D eigenvalue weighted by Crippen LogP contribution is -2.46. The number of rotatable bonds is 7. The summed E-state index contributed by atoms with van der Waals surface area (Å²) < 4.78 is 5.86. The van der Waals surface area contributed by atoms with E-state index in [2.05, 4.69) is 14.8 Å². The molecule has 0 radical (unpaired) electrons. The van der Waals surface area contributed by atoms with Gasteiger partial charge in [-0.1, -0.05) is 30.3 Å². The molecule has 24 heavy (non-hydrogen) atoms. The second-order valence-electron chi connectivity index (χ2n) is 6.10. The van der Waals surface area contributed by atoms with Gasteiger partial charge in [-0.05, 0) is 13.0 Å². The predicted molar refractivity (Wildman–Crippen MR) is 90.5 cm³/mol. The number of benzene rings is 1. The van der Waals surface area contributed by atoms with E-state index in [-0.39, 0.29) is 6.42 Å². The fraction of sp³-hybridized carbons (Fsp3) is 0.444. The summed E-state index contributed by atoms with van der Waals surface area (Å²) in [5.41, 5.74) is 1.04. The SMILES string of the molecule is O=C(O)CCCN1CCN(Cc2ncc(-c3ccccc3)o2)CC1. The van der Waals surface area contributed by atoms with E-state index < -0.39 is 5.97 Å². The summed E-state index contributed by atoms with van der Waals surface area (Å²) >= 11 is 0. The van der Waals surface area contributed by atoms with E-state index in [1.165, 1.54) is 0 Å². The van der Waals surface area contributed by atoms with E-state index in [9.17, 15) is 4.79 Å². The first kappa shape index (κ1) is 16.7. The van der Waals surface area contributed by atoms with Crippen LogP contribution >= 0.6 is 0 Å². The number of oxazole rings is 1. The van der Waals surface area contributed by atoms with E-state index >= 15 is 0 Å². The van der Waals surface area contributed by atoms with Crippen LogP contribution in [0.2, 0.25) is 0 Å². The van der Waals surface area contributed by atoms with Crippen molar-refractivity contribution >= 4 is 5.97 Å². The molecule has 1 N–H and O–H groups in total. The summed E-state index contributed by atoms with van der Waals surface area (Å²) in [6.45, 7) is 5.41. The van der Waals surface area contributed by atoms with E-state index in [0.29, 0.717) is 0 Å². The van der Waals surface area contributed by atoms with E-state index in [4.69, 9.17) is 9.52 Å². The van der Waals surface area contributed by atoms with Crippen molar-refractivity contribution in [3.8, 4) is 11.3 Å². The van der Waals surface area contributed by atoms with Crippen LogP contribution in [-0.4, -0.2) is 58.6 Å². The number of aliphatic carboxylic acids is 1. The van der Waals surface area contributed by atoms with Crippen molar-refractivity contribution in [3.63, 3.8) is 0 Å². The molecule has 1 aromatic carbocycles. The van der Waals surface area contributed by atoms with Gasteiger partial charge in [-0.15, -0.1) is 0 Å². The Labute approximate surface area is 141 Å². The molecule has 2 heterocycles. The second-order valence-corrected chi connectivity index (χ2v) is 6.10. The Hall–Kier alpha value is -2.18. The summed E-state index contributed by atoms with van der Waals surface area (Å²) in [6.07, 6.45) is 2.75. The monoisotopic (exact) mass is 329 g/mol. The number of carboxylic acids is 1. The molecule has 1 aliphatic heterocycles. The lowest BCUT2D eigenvalue weighted by atomic mass is 10.2. The number of aromatic nitrogens is 1. The number of carbonyl (C=O) groups is 1. The number of nitrogens with zero attached hydrogens (tertiary/aromatic N) is 3. The number of carboxylic acid groups (broad SMARTS) is 1. The van der Waals surface area contributed by atoms with Crippen molar-refractivity contribution in [3.05, 3.63) is 42.4 Å². The van der Waals surface area contributed by atoms with E-state index in [1.807, 2.05) is 30.3 Å². The first-order chi connectivity index (χ1) is 11.7. The van der Waals surface area contributed by atoms with Crippen LogP contribution < -0.4 is 0 Å². The minimum Gasteiger partial charge on any atom is -0.481 e. The van der Waals surface area contributed by atoms with Crippen LogP contribution in [0.4, 0.5) is 0 Å². The largest absolute Gasteiger partial charge is 0.481 e. The molecule has 1 aromatic heterocycles. The fourth-order valence-corrected chi connectivity index (χ4v) is 2.94. The van der Waals surface area contributed by atoms with Gasteiger partial charge in [-0.25, -0.2) is 4.98 Å². The quantitative estimate of drug-likeness (QED) is 0.841. The van der Waals surface area contributed by atoms with Gasteiger partial charge in [-0.3, -0.25) is 9.69 Å². The average Bonchev–Trinajstić information content (AvgIpc) is 3.05. The van der Waals surface area contributed by atoms with Gasteiger partial charge in [0.05, 0.1) is 12.7 Å². The molecule has 2 aromatic rings. The average molecular weight is 329 g/mol. The fourth-order valence-electron chi connectivity index (χ4n) is 2.94. The Morgan fingerprint density at radius 2 is 1.83 bits per heavy atom. The van der Waals surface area contributed by atoms with Crippen molar-refractivity contribution in [1.29, 1.82) is 0 Å². The van der Waals surface area contributed by atoms with Crippen molar-refractivity contribution in [1.82, 2.24) is 14.8 Å². The summed E-state index contributed by atoms with van der Waals surface area (Å²) in [7, 11) is 0. The van der Waals surface area contributed by atoms with Crippen LogP contribution in [0.15, 0.2) is 40.9 Å². The van der Waals surface area contributed by atoms with Crippen LogP contribution in [0.5, 0.6) is 0 Å². The van der Waals surface area contributed by atoms with Gasteiger partial charge in [0.1, 0.15) is 0 Å². The third-order valence-corrected chi connectivity index (χ3v) is 4.30. The highest BCUT2D eigenvalue weighted by Gasteiger charge is 2.18. The summed E-state index contributed by atoms with van der Waals surface area (Å²) in [5, 5.41) is 8.69. The zero-order valence-electron chi connectivity index (χ0n) is 13.7. The highest BCUT2D eigenvalue weighted by atomic mass is 16.4. The summed E-state index contributed by atoms with van der Waals surface area (Å²) in [6, 6.07) is 9.99. The molecule has 0 spiro atoms. The first-order valence-electron chi connectivity index (χ1n) is 8.37. The highest BCUT2D eigenvalue weighted by molar-refractivity contribution is 5.66. The molecule has 0 atom stereocenters. The Balaban J connectivity index is 1.45. The summed E-state index contributed by atoms with van der Waals surface area (Å²) in [5.74, 6) is 0.831. The van der Waals surface area contributed by atoms with Crippen molar-refractivity contribution in [2.45, 2.75) is 19.4 Å². The van der Waals surface area contributed by atoms with Gasteiger partial charge in [0, 0.05) is 38.2 Å². The zero-order valence-corrected chi connectivity index (χ0v) is 13.7. The maximum atomic E-state index is 10.6. The Morgan fingerprint density at radius 1 is 1.12 bits per heavy atom. The Kier molecular flexibility index (Phi) is 5.61. The lowest BCUT2D eigenvalue weighted by molar-refractivity contribution is -0.137. The molecule has 3 rings (SSSR count). The molecule has 0 unspecified atom stereocenters. The maximum Gasteiger partial charge on any atom is 0.303 e. The van der Waals surface area contributed by atoms with Crippen LogP contribution in [0.3, 0.4) is 0 Å². The summed E-state index contributed by atoms with van der Waals surface area (Å²) in [4.78, 5) is 19.6. The van der Waals surface area contributed by atoms with Gasteiger partial charge >= 0.3 is 5.97 Å². The Bertz CT molecular complexity index is 649. The molecule has 0 amide bonds. The highest BCUT2D eigenvalue weighted by Crippen LogP contribution is 2.20. The normalized spacial score (nSPS) is 16.3. The van der Waals surface area contributed by atoms with Gasteiger partial charge in [0.15, 0.2) is 5.76 Å². The van der Waals surface area contributed by atoms with Crippen LogP contribution in [0.25, 0.3) is 11.3 Å². The molecule has 128 valence electrons. The number of piperazine rings is 1. The molecule has 1 aliphatic rings. The molecule has 6 heteroatoms. The van der Waals surface area contributed by atoms with Crippen LogP contribution in [0, 0.1) is 0 Å². The standard InChI is InChI=1S/C18H23N3O3/c22-18(23)7-4-8-20-9-11-21(12-10-20)14-17-19-13-16(24-17)15-5-2-1-3-6-15/h1-3,5-6,13H,4,7-12,14H2,(H,22,23). The third kappa shape index (κ3) is 4.66. The molecule has 6 nitrogen and oxygen atoms in total. The van der Waals surface area contributed by atoms with E-state index in [0.717, 1.165) is 62.9 Å². The Morgan fingerprint density at radius 3 is 2.54 bits per heavy atom. The molecular formula is C18H23N3O3. The van der Waals surface area contributed by atoms with Gasteiger partial charge in [-0.2, -0.15) is 0 Å². The zero-order chi connectivity index (χ0) is 16.8. The van der Waals surface area contributed by atoms with E-state index in [1.54, 1.807) is 6.20 Å². The van der Waals surface area contributed by atoms with Crippen molar-refractivity contribution in [2.75, 3.05) is 32.7 Å².